The van der Waals surface area contributed by atoms with Crippen molar-refractivity contribution in [3.05, 3.63) is 58.6 Å². The second-order valence-electron chi connectivity index (χ2n) is 5.65. The molecule has 0 spiro atoms. The van der Waals surface area contributed by atoms with E-state index in [-0.39, 0.29) is 25.2 Å². The monoisotopic (exact) mass is 361 g/mol. The molecule has 1 aliphatic heterocycles. The molecular weight excluding hydrogens is 342 g/mol. The number of ether oxygens (including phenoxy) is 3. The highest BCUT2D eigenvalue weighted by Crippen LogP contribution is 2.33. The van der Waals surface area contributed by atoms with Crippen LogP contribution in [0.25, 0.3) is 0 Å². The van der Waals surface area contributed by atoms with Gasteiger partial charge in [0.05, 0.1) is 13.0 Å². The third kappa shape index (κ3) is 4.44. The van der Waals surface area contributed by atoms with Crippen molar-refractivity contribution in [2.24, 2.45) is 0 Å². The summed E-state index contributed by atoms with van der Waals surface area (Å²) in [5.41, 5.74) is 1.91. The van der Waals surface area contributed by atoms with Crippen LogP contribution in [-0.2, 0) is 16.1 Å². The van der Waals surface area contributed by atoms with E-state index in [1.165, 1.54) is 0 Å². The van der Waals surface area contributed by atoms with Crippen LogP contribution in [0, 0.1) is 0 Å². The second kappa shape index (κ2) is 8.23. The Labute approximate surface area is 151 Å². The van der Waals surface area contributed by atoms with E-state index >= 15 is 0 Å². The zero-order chi connectivity index (χ0) is 17.6. The summed E-state index contributed by atoms with van der Waals surface area (Å²) in [6, 6.07) is 13.0. The molecule has 132 valence electrons. The molecule has 1 unspecified atom stereocenters. The lowest BCUT2D eigenvalue weighted by molar-refractivity contribution is -0.143. The largest absolute Gasteiger partial charge is 0.466 e. The van der Waals surface area contributed by atoms with Gasteiger partial charge in [-0.1, -0.05) is 35.9 Å². The van der Waals surface area contributed by atoms with Crippen molar-refractivity contribution in [1.82, 2.24) is 5.32 Å². The van der Waals surface area contributed by atoms with E-state index in [0.29, 0.717) is 18.2 Å². The number of carbonyl (C=O) groups is 1. The summed E-state index contributed by atoms with van der Waals surface area (Å²) in [6.07, 6.45) is 0.210. The first-order chi connectivity index (χ1) is 12.2. The topological polar surface area (TPSA) is 56.8 Å². The molecule has 0 fully saturated rings. The van der Waals surface area contributed by atoms with E-state index in [1.54, 1.807) is 6.92 Å². The molecule has 1 heterocycles. The molecule has 25 heavy (non-hydrogen) atoms. The van der Waals surface area contributed by atoms with E-state index in [2.05, 4.69) is 5.32 Å². The quantitative estimate of drug-likeness (QED) is 0.759. The first-order valence-electron chi connectivity index (χ1n) is 8.19. The molecule has 1 N–H and O–H groups in total. The standard InChI is InChI=1S/C19H20ClNO4/c1-2-23-19(22)10-16(14-5-3-4-6-15(14)20)21-11-13-7-8-17-18(9-13)25-12-24-17/h3-9,16,21H,2,10-12H2,1H3. The maximum absolute atomic E-state index is 12.0. The number of carbonyl (C=O) groups excluding carboxylic acids is 1. The highest BCUT2D eigenvalue weighted by atomic mass is 35.5. The van der Waals surface area contributed by atoms with Crippen LogP contribution in [0.4, 0.5) is 0 Å². The minimum absolute atomic E-state index is 0.210. The summed E-state index contributed by atoms with van der Waals surface area (Å²) in [6.45, 7) is 2.96. The number of halogens is 1. The van der Waals surface area contributed by atoms with E-state index in [1.807, 2.05) is 42.5 Å². The minimum atomic E-state index is -0.259. The summed E-state index contributed by atoms with van der Waals surface area (Å²) in [5.74, 6) is 1.22. The summed E-state index contributed by atoms with van der Waals surface area (Å²) in [4.78, 5) is 12.0. The van der Waals surface area contributed by atoms with Gasteiger partial charge in [0.1, 0.15) is 0 Å². The zero-order valence-electron chi connectivity index (χ0n) is 14.0. The van der Waals surface area contributed by atoms with E-state index < -0.39 is 0 Å². The van der Waals surface area contributed by atoms with Crippen LogP contribution in [0.1, 0.15) is 30.5 Å². The Morgan fingerprint density at radius 2 is 2.04 bits per heavy atom. The molecule has 0 radical (unpaired) electrons. The van der Waals surface area contributed by atoms with Crippen LogP contribution in [0.15, 0.2) is 42.5 Å². The molecule has 1 aliphatic rings. The molecule has 0 saturated heterocycles. The maximum Gasteiger partial charge on any atom is 0.307 e. The number of nitrogens with one attached hydrogen (secondary N) is 1. The minimum Gasteiger partial charge on any atom is -0.466 e. The lowest BCUT2D eigenvalue weighted by atomic mass is 10.0. The SMILES string of the molecule is CCOC(=O)CC(NCc1ccc2c(c1)OCO2)c1ccccc1Cl. The van der Waals surface area contributed by atoms with Gasteiger partial charge in [-0.2, -0.15) is 0 Å². The lowest BCUT2D eigenvalue weighted by Crippen LogP contribution is -2.24. The Morgan fingerprint density at radius 3 is 2.84 bits per heavy atom. The summed E-state index contributed by atoms with van der Waals surface area (Å²) >= 11 is 6.31. The molecule has 6 heteroatoms. The van der Waals surface area contributed by atoms with Gasteiger partial charge < -0.3 is 19.5 Å². The van der Waals surface area contributed by atoms with Crippen LogP contribution >= 0.6 is 11.6 Å². The fourth-order valence-electron chi connectivity index (χ4n) is 2.73. The number of fused-ring (bicyclic) bond motifs is 1. The average Bonchev–Trinajstić information content (AvgIpc) is 3.07. The molecule has 0 aliphatic carbocycles. The van der Waals surface area contributed by atoms with E-state index in [4.69, 9.17) is 25.8 Å². The fourth-order valence-corrected chi connectivity index (χ4v) is 3.00. The molecule has 0 saturated carbocycles. The molecule has 0 aromatic heterocycles. The van der Waals surface area contributed by atoms with Gasteiger partial charge in [0.25, 0.3) is 0 Å². The van der Waals surface area contributed by atoms with Crippen molar-refractivity contribution in [2.75, 3.05) is 13.4 Å². The normalized spacial score (nSPS) is 13.5. The summed E-state index contributed by atoms with van der Waals surface area (Å²) in [7, 11) is 0. The van der Waals surface area contributed by atoms with Crippen LogP contribution in [0.2, 0.25) is 5.02 Å². The second-order valence-corrected chi connectivity index (χ2v) is 6.06. The smallest absolute Gasteiger partial charge is 0.307 e. The highest BCUT2D eigenvalue weighted by Gasteiger charge is 2.19. The number of rotatable bonds is 7. The molecule has 0 bridgehead atoms. The lowest BCUT2D eigenvalue weighted by Gasteiger charge is -2.20. The van der Waals surface area contributed by atoms with Crippen molar-refractivity contribution in [3.8, 4) is 11.5 Å². The van der Waals surface area contributed by atoms with Crippen molar-refractivity contribution >= 4 is 17.6 Å². The molecule has 3 rings (SSSR count). The predicted molar refractivity (Wildman–Crippen MR) is 94.8 cm³/mol. The summed E-state index contributed by atoms with van der Waals surface area (Å²) in [5, 5.41) is 4.01. The number of esters is 1. The third-order valence-electron chi connectivity index (χ3n) is 3.95. The van der Waals surface area contributed by atoms with Crippen molar-refractivity contribution in [1.29, 1.82) is 0 Å². The first-order valence-corrected chi connectivity index (χ1v) is 8.57. The van der Waals surface area contributed by atoms with Crippen LogP contribution < -0.4 is 14.8 Å². The first kappa shape index (κ1) is 17.6. The molecule has 2 aromatic carbocycles. The van der Waals surface area contributed by atoms with Gasteiger partial charge in [-0.05, 0) is 36.2 Å². The number of hydrogen-bond donors (Lipinski definition) is 1. The Hall–Kier alpha value is -2.24. The van der Waals surface area contributed by atoms with Gasteiger partial charge in [0, 0.05) is 17.6 Å². The Bertz CT molecular complexity index is 750. The third-order valence-corrected chi connectivity index (χ3v) is 4.29. The Morgan fingerprint density at radius 1 is 1.24 bits per heavy atom. The van der Waals surface area contributed by atoms with Crippen molar-refractivity contribution < 1.29 is 19.0 Å². The average molecular weight is 362 g/mol. The Balaban J connectivity index is 1.73. The van der Waals surface area contributed by atoms with Crippen LogP contribution in [-0.4, -0.2) is 19.4 Å². The van der Waals surface area contributed by atoms with Crippen molar-refractivity contribution in [2.45, 2.75) is 25.9 Å². The Kier molecular flexibility index (Phi) is 5.79. The molecule has 2 aromatic rings. The molecular formula is C19H20ClNO4. The van der Waals surface area contributed by atoms with Gasteiger partial charge in [-0.15, -0.1) is 0 Å². The fraction of sp³-hybridized carbons (Fsp3) is 0.316. The predicted octanol–water partition coefficient (Wildman–Crippen LogP) is 3.85. The summed E-state index contributed by atoms with van der Waals surface area (Å²) < 4.78 is 15.8. The molecule has 1 atom stereocenters. The van der Waals surface area contributed by atoms with Gasteiger partial charge in [-0.3, -0.25) is 4.79 Å². The molecule has 5 nitrogen and oxygen atoms in total. The van der Waals surface area contributed by atoms with Gasteiger partial charge in [0.15, 0.2) is 11.5 Å². The van der Waals surface area contributed by atoms with Gasteiger partial charge in [0.2, 0.25) is 6.79 Å². The van der Waals surface area contributed by atoms with Crippen molar-refractivity contribution in [3.63, 3.8) is 0 Å². The van der Waals surface area contributed by atoms with E-state index in [9.17, 15) is 4.79 Å². The number of benzene rings is 2. The molecule has 0 amide bonds. The highest BCUT2D eigenvalue weighted by molar-refractivity contribution is 6.31. The van der Waals surface area contributed by atoms with Gasteiger partial charge >= 0.3 is 5.97 Å². The van der Waals surface area contributed by atoms with Gasteiger partial charge in [-0.25, -0.2) is 0 Å². The van der Waals surface area contributed by atoms with Crippen LogP contribution in [0.5, 0.6) is 11.5 Å². The number of hydrogen-bond acceptors (Lipinski definition) is 5. The maximum atomic E-state index is 12.0. The van der Waals surface area contributed by atoms with Crippen LogP contribution in [0.3, 0.4) is 0 Å². The zero-order valence-corrected chi connectivity index (χ0v) is 14.7. The van der Waals surface area contributed by atoms with E-state index in [0.717, 1.165) is 22.6 Å².